The van der Waals surface area contributed by atoms with Crippen molar-refractivity contribution in [1.82, 2.24) is 0 Å². The lowest BCUT2D eigenvalue weighted by Crippen LogP contribution is -2.43. The molecule has 2 atom stereocenters. The number of ether oxygens (including phenoxy) is 3. The minimum atomic E-state index is -0.707. The van der Waals surface area contributed by atoms with Crippen LogP contribution in [-0.4, -0.2) is 32.1 Å². The maximum Gasteiger partial charge on any atom is 0.293 e. The van der Waals surface area contributed by atoms with Crippen molar-refractivity contribution in [3.8, 4) is 0 Å². The van der Waals surface area contributed by atoms with Crippen LogP contribution in [0, 0.1) is 0 Å². The van der Waals surface area contributed by atoms with Crippen molar-refractivity contribution in [3.05, 3.63) is 0 Å². The first-order valence-corrected chi connectivity index (χ1v) is 4.03. The molecular formula is C8H14O4. The van der Waals surface area contributed by atoms with Gasteiger partial charge in [0.1, 0.15) is 0 Å². The van der Waals surface area contributed by atoms with Gasteiger partial charge in [0.05, 0.1) is 6.61 Å². The topological polar surface area (TPSA) is 44.8 Å². The summed E-state index contributed by atoms with van der Waals surface area (Å²) in [6.07, 6.45) is 1.38. The van der Waals surface area contributed by atoms with Crippen LogP contribution in [0.1, 0.15) is 19.8 Å². The summed E-state index contributed by atoms with van der Waals surface area (Å²) in [6.45, 7) is 2.86. The summed E-state index contributed by atoms with van der Waals surface area (Å²) in [6, 6.07) is 0. The largest absolute Gasteiger partial charge is 0.459 e. The van der Waals surface area contributed by atoms with Crippen molar-refractivity contribution in [2.45, 2.75) is 31.7 Å². The van der Waals surface area contributed by atoms with Gasteiger partial charge >= 0.3 is 0 Å². The average Bonchev–Trinajstić information content (AvgIpc) is 2.54. The van der Waals surface area contributed by atoms with Gasteiger partial charge in [0.25, 0.3) is 6.47 Å². The fourth-order valence-corrected chi connectivity index (χ4v) is 1.47. The Bertz CT molecular complexity index is 151. The predicted molar refractivity (Wildman–Crippen MR) is 41.5 cm³/mol. The van der Waals surface area contributed by atoms with Crippen LogP contribution in [-0.2, 0) is 19.0 Å². The highest BCUT2D eigenvalue weighted by Gasteiger charge is 2.42. The predicted octanol–water partition coefficient (Wildman–Crippen LogP) is 0.701. The molecule has 1 heterocycles. The van der Waals surface area contributed by atoms with Gasteiger partial charge in [0.2, 0.25) is 5.79 Å². The van der Waals surface area contributed by atoms with E-state index >= 15 is 0 Å². The van der Waals surface area contributed by atoms with Gasteiger partial charge in [-0.3, -0.25) is 4.79 Å². The normalized spacial score (nSPS) is 31.5. The van der Waals surface area contributed by atoms with Crippen molar-refractivity contribution in [2.24, 2.45) is 0 Å². The molecule has 0 saturated carbocycles. The SMILES string of the molecule is COC1(C(C)OC=O)CCCO1. The van der Waals surface area contributed by atoms with Gasteiger partial charge in [-0.1, -0.05) is 0 Å². The highest BCUT2D eigenvalue weighted by atomic mass is 16.7. The van der Waals surface area contributed by atoms with Gasteiger partial charge in [0, 0.05) is 13.5 Å². The molecule has 1 fully saturated rings. The van der Waals surface area contributed by atoms with E-state index in [9.17, 15) is 4.79 Å². The van der Waals surface area contributed by atoms with Crippen LogP contribution in [0.2, 0.25) is 0 Å². The first kappa shape index (κ1) is 9.48. The molecule has 12 heavy (non-hydrogen) atoms. The summed E-state index contributed by atoms with van der Waals surface area (Å²) in [4.78, 5) is 10.1. The molecule has 0 N–H and O–H groups in total. The van der Waals surface area contributed by atoms with Gasteiger partial charge in [-0.15, -0.1) is 0 Å². The molecule has 1 saturated heterocycles. The van der Waals surface area contributed by atoms with E-state index in [4.69, 9.17) is 14.2 Å². The van der Waals surface area contributed by atoms with Crippen molar-refractivity contribution in [2.75, 3.05) is 13.7 Å². The highest BCUT2D eigenvalue weighted by molar-refractivity contribution is 5.37. The van der Waals surface area contributed by atoms with Crippen LogP contribution in [0.15, 0.2) is 0 Å². The van der Waals surface area contributed by atoms with E-state index in [0.717, 1.165) is 12.8 Å². The van der Waals surface area contributed by atoms with Crippen molar-refractivity contribution >= 4 is 6.47 Å². The molecule has 0 amide bonds. The van der Waals surface area contributed by atoms with Gasteiger partial charge < -0.3 is 14.2 Å². The van der Waals surface area contributed by atoms with Gasteiger partial charge in [0.15, 0.2) is 6.10 Å². The van der Waals surface area contributed by atoms with Crippen LogP contribution in [0.4, 0.5) is 0 Å². The first-order chi connectivity index (χ1) is 5.75. The second-order valence-corrected chi connectivity index (χ2v) is 2.84. The first-order valence-electron chi connectivity index (χ1n) is 4.03. The van der Waals surface area contributed by atoms with Crippen LogP contribution >= 0.6 is 0 Å². The Labute approximate surface area is 71.8 Å². The lowest BCUT2D eigenvalue weighted by molar-refractivity contribution is -0.246. The average molecular weight is 174 g/mol. The van der Waals surface area contributed by atoms with Gasteiger partial charge in [-0.05, 0) is 13.3 Å². The minimum absolute atomic E-state index is 0.345. The van der Waals surface area contributed by atoms with Crippen molar-refractivity contribution in [3.63, 3.8) is 0 Å². The lowest BCUT2D eigenvalue weighted by atomic mass is 10.1. The molecular weight excluding hydrogens is 160 g/mol. The number of carbonyl (C=O) groups excluding carboxylic acids is 1. The van der Waals surface area contributed by atoms with E-state index in [0.29, 0.717) is 13.1 Å². The Hall–Kier alpha value is -0.610. The molecule has 4 nitrogen and oxygen atoms in total. The molecule has 0 aromatic carbocycles. The maximum atomic E-state index is 10.1. The Kier molecular flexibility index (Phi) is 3.05. The van der Waals surface area contributed by atoms with E-state index in [-0.39, 0.29) is 6.10 Å². The summed E-state index contributed by atoms with van der Waals surface area (Å²) in [5.41, 5.74) is 0. The molecule has 0 aromatic rings. The second-order valence-electron chi connectivity index (χ2n) is 2.84. The summed E-state index contributed by atoms with van der Waals surface area (Å²) >= 11 is 0. The maximum absolute atomic E-state index is 10.1. The van der Waals surface area contributed by atoms with E-state index in [1.54, 1.807) is 14.0 Å². The fourth-order valence-electron chi connectivity index (χ4n) is 1.47. The third-order valence-electron chi connectivity index (χ3n) is 2.24. The Morgan fingerprint density at radius 1 is 1.67 bits per heavy atom. The van der Waals surface area contributed by atoms with Crippen LogP contribution in [0.25, 0.3) is 0 Å². The Morgan fingerprint density at radius 2 is 2.42 bits per heavy atom. The number of carbonyl (C=O) groups is 1. The molecule has 1 aliphatic rings. The third kappa shape index (κ3) is 1.59. The van der Waals surface area contributed by atoms with Crippen molar-refractivity contribution in [1.29, 1.82) is 0 Å². The van der Waals surface area contributed by atoms with Gasteiger partial charge in [-0.25, -0.2) is 0 Å². The minimum Gasteiger partial charge on any atom is -0.459 e. The van der Waals surface area contributed by atoms with Crippen LogP contribution in [0.3, 0.4) is 0 Å². The van der Waals surface area contributed by atoms with Crippen LogP contribution in [0.5, 0.6) is 0 Å². The molecule has 4 heteroatoms. The van der Waals surface area contributed by atoms with Crippen LogP contribution < -0.4 is 0 Å². The highest BCUT2D eigenvalue weighted by Crippen LogP contribution is 2.30. The summed E-state index contributed by atoms with van der Waals surface area (Å²) < 4.78 is 15.4. The summed E-state index contributed by atoms with van der Waals surface area (Å²) in [5, 5.41) is 0. The molecule has 0 spiro atoms. The molecule has 0 aromatic heterocycles. The molecule has 2 unspecified atom stereocenters. The zero-order chi connectivity index (χ0) is 9.03. The number of rotatable bonds is 4. The Morgan fingerprint density at radius 3 is 2.83 bits per heavy atom. The molecule has 70 valence electrons. The molecule has 0 aliphatic carbocycles. The number of hydrogen-bond acceptors (Lipinski definition) is 4. The molecule has 1 aliphatic heterocycles. The number of methoxy groups -OCH3 is 1. The number of hydrogen-bond donors (Lipinski definition) is 0. The zero-order valence-corrected chi connectivity index (χ0v) is 7.41. The standard InChI is InChI=1S/C8H14O4/c1-7(11-6-9)8(10-2)4-3-5-12-8/h6-7H,3-5H2,1-2H3. The van der Waals surface area contributed by atoms with E-state index in [1.807, 2.05) is 0 Å². The monoisotopic (exact) mass is 174 g/mol. The fraction of sp³-hybridized carbons (Fsp3) is 0.875. The lowest BCUT2D eigenvalue weighted by Gasteiger charge is -2.31. The second kappa shape index (κ2) is 3.87. The zero-order valence-electron chi connectivity index (χ0n) is 7.41. The molecule has 0 radical (unpaired) electrons. The molecule has 1 rings (SSSR count). The van der Waals surface area contributed by atoms with Gasteiger partial charge in [-0.2, -0.15) is 0 Å². The quantitative estimate of drug-likeness (QED) is 0.588. The van der Waals surface area contributed by atoms with E-state index < -0.39 is 5.79 Å². The van der Waals surface area contributed by atoms with E-state index in [1.165, 1.54) is 0 Å². The summed E-state index contributed by atoms with van der Waals surface area (Å²) in [5.74, 6) is -0.707. The van der Waals surface area contributed by atoms with Crippen molar-refractivity contribution < 1.29 is 19.0 Å². The van der Waals surface area contributed by atoms with E-state index in [2.05, 4.69) is 0 Å². The molecule has 0 bridgehead atoms. The summed E-state index contributed by atoms with van der Waals surface area (Å²) in [7, 11) is 1.57. The smallest absolute Gasteiger partial charge is 0.293 e. The Balaban J connectivity index is 2.58. The third-order valence-corrected chi connectivity index (χ3v) is 2.24.